The number of anilines is 1. The van der Waals surface area contributed by atoms with Gasteiger partial charge in [0.1, 0.15) is 0 Å². The van der Waals surface area contributed by atoms with Crippen LogP contribution in [0, 0.1) is 5.41 Å². The molecule has 0 fully saturated rings. The molecule has 124 valence electrons. The fourth-order valence-electron chi connectivity index (χ4n) is 1.64. The Balaban J connectivity index is 0.00000232. The number of hydrogen-bond donors (Lipinski definition) is 2. The van der Waals surface area contributed by atoms with Gasteiger partial charge in [0, 0.05) is 11.3 Å². The first-order valence-corrected chi connectivity index (χ1v) is 7.32. The third-order valence-electron chi connectivity index (χ3n) is 2.67. The largest absolute Gasteiger partial charge is 0.469 e. The zero-order chi connectivity index (χ0) is 17.8. The quantitative estimate of drug-likeness (QED) is 0.477. The standard InChI is InChI=1S/C16H18N2O3.C2H6/c1-4-15(19)18-13-7-5-6-12(10-13)14(17)8-11(2)9-16(20)21-3;1-2/h4-8,10,17H,1,9H2,2-3H3,(H,18,19);1-2H3/b11-8+,17-14?;. The van der Waals surface area contributed by atoms with Crippen molar-refractivity contribution >= 4 is 23.3 Å². The Morgan fingerprint density at radius 1 is 1.35 bits per heavy atom. The fraction of sp³-hybridized carbons (Fsp3) is 0.278. The van der Waals surface area contributed by atoms with Gasteiger partial charge in [-0.1, -0.05) is 38.1 Å². The Morgan fingerprint density at radius 3 is 2.57 bits per heavy atom. The molecule has 0 saturated heterocycles. The van der Waals surface area contributed by atoms with Crippen molar-refractivity contribution in [3.8, 4) is 0 Å². The van der Waals surface area contributed by atoms with Crippen LogP contribution in [0.1, 0.15) is 32.8 Å². The molecule has 0 aliphatic rings. The summed E-state index contributed by atoms with van der Waals surface area (Å²) in [6.45, 7) is 9.14. The summed E-state index contributed by atoms with van der Waals surface area (Å²) < 4.78 is 4.58. The second-order valence-corrected chi connectivity index (χ2v) is 4.43. The van der Waals surface area contributed by atoms with Crippen LogP contribution in [0.15, 0.2) is 48.6 Å². The Labute approximate surface area is 137 Å². The molecule has 1 aromatic rings. The van der Waals surface area contributed by atoms with Crippen LogP contribution in [0.25, 0.3) is 0 Å². The highest BCUT2D eigenvalue weighted by atomic mass is 16.5. The summed E-state index contributed by atoms with van der Waals surface area (Å²) in [5, 5.41) is 10.7. The summed E-state index contributed by atoms with van der Waals surface area (Å²) in [6, 6.07) is 6.91. The molecular weight excluding hydrogens is 292 g/mol. The zero-order valence-corrected chi connectivity index (χ0v) is 14.1. The number of benzene rings is 1. The van der Waals surface area contributed by atoms with Gasteiger partial charge >= 0.3 is 5.97 Å². The van der Waals surface area contributed by atoms with Crippen molar-refractivity contribution < 1.29 is 14.3 Å². The van der Waals surface area contributed by atoms with E-state index in [0.717, 1.165) is 5.57 Å². The number of nitrogens with one attached hydrogen (secondary N) is 2. The summed E-state index contributed by atoms with van der Waals surface area (Å²) in [6.07, 6.45) is 2.93. The van der Waals surface area contributed by atoms with Gasteiger partial charge in [-0.05, 0) is 31.2 Å². The van der Waals surface area contributed by atoms with E-state index in [1.165, 1.54) is 13.2 Å². The van der Waals surface area contributed by atoms with Crippen LogP contribution in [0.3, 0.4) is 0 Å². The number of rotatable bonds is 6. The minimum atomic E-state index is -0.344. The van der Waals surface area contributed by atoms with Gasteiger partial charge in [-0.15, -0.1) is 0 Å². The molecule has 2 N–H and O–H groups in total. The smallest absolute Gasteiger partial charge is 0.309 e. The lowest BCUT2D eigenvalue weighted by molar-refractivity contribution is -0.139. The molecule has 0 aliphatic heterocycles. The molecule has 1 aromatic carbocycles. The van der Waals surface area contributed by atoms with Crippen molar-refractivity contribution in [2.24, 2.45) is 0 Å². The second-order valence-electron chi connectivity index (χ2n) is 4.43. The molecular formula is C18H24N2O3. The third kappa shape index (κ3) is 7.76. The van der Waals surface area contributed by atoms with E-state index in [4.69, 9.17) is 5.41 Å². The molecule has 0 unspecified atom stereocenters. The first-order valence-electron chi connectivity index (χ1n) is 7.32. The molecule has 0 aliphatic carbocycles. The predicted octanol–water partition coefficient (Wildman–Crippen LogP) is 3.71. The number of esters is 1. The number of carbonyl (C=O) groups is 2. The molecule has 0 spiro atoms. The Kier molecular flexibility index (Phi) is 9.67. The van der Waals surface area contributed by atoms with E-state index in [1.54, 1.807) is 37.3 Å². The number of allylic oxidation sites excluding steroid dienone is 1. The van der Waals surface area contributed by atoms with Gasteiger partial charge in [-0.3, -0.25) is 9.59 Å². The second kappa shape index (κ2) is 11.0. The zero-order valence-electron chi connectivity index (χ0n) is 14.1. The van der Waals surface area contributed by atoms with Crippen molar-refractivity contribution in [2.75, 3.05) is 12.4 Å². The van der Waals surface area contributed by atoms with Gasteiger partial charge in [0.25, 0.3) is 0 Å². The summed E-state index contributed by atoms with van der Waals surface area (Å²) in [5.74, 6) is -0.653. The van der Waals surface area contributed by atoms with E-state index in [0.29, 0.717) is 11.3 Å². The van der Waals surface area contributed by atoms with E-state index < -0.39 is 0 Å². The number of hydrogen-bond acceptors (Lipinski definition) is 4. The average molecular weight is 316 g/mol. The lowest BCUT2D eigenvalue weighted by Gasteiger charge is -2.06. The topological polar surface area (TPSA) is 79.3 Å². The van der Waals surface area contributed by atoms with Crippen molar-refractivity contribution in [2.45, 2.75) is 27.2 Å². The molecule has 0 radical (unpaired) electrons. The van der Waals surface area contributed by atoms with E-state index in [-0.39, 0.29) is 24.0 Å². The van der Waals surface area contributed by atoms with Gasteiger partial charge in [-0.2, -0.15) is 0 Å². The molecule has 5 heteroatoms. The Hall–Kier alpha value is -2.69. The third-order valence-corrected chi connectivity index (χ3v) is 2.67. The van der Waals surface area contributed by atoms with E-state index in [2.05, 4.69) is 16.6 Å². The van der Waals surface area contributed by atoms with Crippen LogP contribution in [0.5, 0.6) is 0 Å². The maximum Gasteiger partial charge on any atom is 0.309 e. The first kappa shape index (κ1) is 20.3. The summed E-state index contributed by atoms with van der Waals surface area (Å²) in [4.78, 5) is 22.4. The van der Waals surface area contributed by atoms with Crippen LogP contribution in [-0.4, -0.2) is 24.7 Å². The van der Waals surface area contributed by atoms with Crippen LogP contribution in [0.2, 0.25) is 0 Å². The van der Waals surface area contributed by atoms with Crippen LogP contribution >= 0.6 is 0 Å². The van der Waals surface area contributed by atoms with Gasteiger partial charge in [0.05, 0.1) is 19.2 Å². The van der Waals surface area contributed by atoms with Crippen LogP contribution in [0.4, 0.5) is 5.69 Å². The molecule has 0 heterocycles. The lowest BCUT2D eigenvalue weighted by atomic mass is 10.1. The van der Waals surface area contributed by atoms with Crippen molar-refractivity contribution in [3.05, 3.63) is 54.1 Å². The molecule has 0 saturated carbocycles. The minimum absolute atomic E-state index is 0.145. The molecule has 5 nitrogen and oxygen atoms in total. The van der Waals surface area contributed by atoms with Gasteiger partial charge in [0.15, 0.2) is 0 Å². The number of ether oxygens (including phenoxy) is 1. The maximum absolute atomic E-state index is 11.2. The average Bonchev–Trinajstić information content (AvgIpc) is 2.56. The highest BCUT2D eigenvalue weighted by Crippen LogP contribution is 2.13. The van der Waals surface area contributed by atoms with Crippen molar-refractivity contribution in [3.63, 3.8) is 0 Å². The fourth-order valence-corrected chi connectivity index (χ4v) is 1.64. The van der Waals surface area contributed by atoms with E-state index in [9.17, 15) is 9.59 Å². The van der Waals surface area contributed by atoms with E-state index in [1.807, 2.05) is 13.8 Å². The summed E-state index contributed by atoms with van der Waals surface area (Å²) in [5.41, 5.74) is 2.21. The molecule has 0 atom stereocenters. The number of carbonyl (C=O) groups excluding carboxylic acids is 2. The van der Waals surface area contributed by atoms with Gasteiger partial charge in [0.2, 0.25) is 5.91 Å². The van der Waals surface area contributed by atoms with E-state index >= 15 is 0 Å². The maximum atomic E-state index is 11.2. The Bertz CT molecular complexity index is 604. The number of methoxy groups -OCH3 is 1. The highest BCUT2D eigenvalue weighted by Gasteiger charge is 2.05. The van der Waals surface area contributed by atoms with Gasteiger partial charge < -0.3 is 15.5 Å². The minimum Gasteiger partial charge on any atom is -0.469 e. The predicted molar refractivity (Wildman–Crippen MR) is 93.8 cm³/mol. The van der Waals surface area contributed by atoms with Crippen molar-refractivity contribution in [1.82, 2.24) is 0 Å². The van der Waals surface area contributed by atoms with Crippen molar-refractivity contribution in [1.29, 1.82) is 5.41 Å². The lowest BCUT2D eigenvalue weighted by Crippen LogP contribution is -2.08. The number of amides is 1. The Morgan fingerprint density at radius 2 is 2.00 bits per heavy atom. The molecule has 1 amide bonds. The van der Waals surface area contributed by atoms with Gasteiger partial charge in [-0.25, -0.2) is 0 Å². The molecule has 1 rings (SSSR count). The van der Waals surface area contributed by atoms with Crippen LogP contribution in [-0.2, 0) is 14.3 Å². The monoisotopic (exact) mass is 316 g/mol. The molecule has 0 bridgehead atoms. The molecule has 0 aromatic heterocycles. The summed E-state index contributed by atoms with van der Waals surface area (Å²) in [7, 11) is 1.33. The highest BCUT2D eigenvalue weighted by molar-refractivity contribution is 6.08. The summed E-state index contributed by atoms with van der Waals surface area (Å²) >= 11 is 0. The SMILES string of the molecule is C=CC(=O)Nc1cccc(C(=N)/C=C(\C)CC(=O)OC)c1.CC. The first-order chi connectivity index (χ1) is 11.0. The van der Waals surface area contributed by atoms with Crippen LogP contribution < -0.4 is 5.32 Å². The molecule has 23 heavy (non-hydrogen) atoms. The normalized spacial score (nSPS) is 10.0.